The van der Waals surface area contributed by atoms with E-state index in [1.807, 2.05) is 4.90 Å². The number of ether oxygens (including phenoxy) is 1. The van der Waals surface area contributed by atoms with Crippen LogP contribution in [0.25, 0.3) is 22.5 Å². The minimum atomic E-state index is -4.83. The van der Waals surface area contributed by atoms with E-state index in [1.54, 1.807) is 36.4 Å². The Bertz CT molecular complexity index is 1570. The summed E-state index contributed by atoms with van der Waals surface area (Å²) in [6.07, 6.45) is 1.14. The molecule has 0 radical (unpaired) electrons. The quantitative estimate of drug-likeness (QED) is 0.411. The van der Waals surface area contributed by atoms with Gasteiger partial charge in [0.05, 0.1) is 23.1 Å². The number of hydrogen-bond donors (Lipinski definition) is 0. The Morgan fingerprint density at radius 2 is 1.90 bits per heavy atom. The Balaban J connectivity index is 1.43. The number of aromatic nitrogens is 3. The zero-order chi connectivity index (χ0) is 27.6. The molecule has 39 heavy (non-hydrogen) atoms. The number of nitrogens with zero attached hydrogens (tertiary/aromatic N) is 6. The second-order valence-electron chi connectivity index (χ2n) is 8.64. The van der Waals surface area contributed by atoms with Crippen LogP contribution in [0, 0.1) is 0 Å². The molecule has 0 N–H and O–H groups in total. The van der Waals surface area contributed by atoms with E-state index in [4.69, 9.17) is 16.6 Å². The molecule has 3 aromatic rings. The zero-order valence-electron chi connectivity index (χ0n) is 20.5. The van der Waals surface area contributed by atoms with Crippen molar-refractivity contribution in [2.24, 2.45) is 4.99 Å². The molecule has 2 aromatic heterocycles. The second kappa shape index (κ2) is 10.7. The van der Waals surface area contributed by atoms with E-state index in [2.05, 4.69) is 31.2 Å². The van der Waals surface area contributed by atoms with Crippen molar-refractivity contribution in [2.45, 2.75) is 13.3 Å². The SMILES string of the molecule is CC1=C=C=CN=C1C(=O)N1CCN(c2cnc(-c3cccc(OC(F)(F)F)c3)c(-c3ccncc3Cl)n2)CC1. The first-order valence-corrected chi connectivity index (χ1v) is 12.2. The molecule has 0 atom stereocenters. The van der Waals surface area contributed by atoms with Gasteiger partial charge in [0.25, 0.3) is 5.91 Å². The molecule has 1 fully saturated rings. The molecule has 0 bridgehead atoms. The van der Waals surface area contributed by atoms with Crippen molar-refractivity contribution in [3.63, 3.8) is 0 Å². The van der Waals surface area contributed by atoms with E-state index < -0.39 is 6.36 Å². The highest BCUT2D eigenvalue weighted by molar-refractivity contribution is 6.45. The van der Waals surface area contributed by atoms with Gasteiger partial charge < -0.3 is 14.5 Å². The summed E-state index contributed by atoms with van der Waals surface area (Å²) in [4.78, 5) is 34.2. The fourth-order valence-electron chi connectivity index (χ4n) is 4.24. The van der Waals surface area contributed by atoms with Gasteiger partial charge in [-0.05, 0) is 30.9 Å². The Kier molecular flexibility index (Phi) is 7.21. The topological polar surface area (TPSA) is 83.8 Å². The Labute approximate surface area is 226 Å². The van der Waals surface area contributed by atoms with Gasteiger partial charge in [-0.1, -0.05) is 29.5 Å². The average molecular weight is 553 g/mol. The van der Waals surface area contributed by atoms with E-state index >= 15 is 0 Å². The van der Waals surface area contributed by atoms with Crippen LogP contribution in [-0.4, -0.2) is 64.0 Å². The molecule has 2 aliphatic heterocycles. The molecule has 12 heteroatoms. The van der Waals surface area contributed by atoms with Crippen LogP contribution in [0.15, 0.2) is 77.2 Å². The van der Waals surface area contributed by atoms with Crippen LogP contribution in [0.3, 0.4) is 0 Å². The van der Waals surface area contributed by atoms with E-state index in [9.17, 15) is 18.0 Å². The number of halogens is 4. The van der Waals surface area contributed by atoms with Crippen molar-refractivity contribution in [3.05, 3.63) is 77.2 Å². The summed E-state index contributed by atoms with van der Waals surface area (Å²) >= 11 is 6.43. The highest BCUT2D eigenvalue weighted by atomic mass is 35.5. The zero-order valence-corrected chi connectivity index (χ0v) is 21.3. The first-order valence-electron chi connectivity index (χ1n) is 11.8. The first-order chi connectivity index (χ1) is 18.7. The van der Waals surface area contributed by atoms with Gasteiger partial charge in [0.15, 0.2) is 0 Å². The molecule has 5 rings (SSSR count). The largest absolute Gasteiger partial charge is 0.573 e. The average Bonchev–Trinajstić information content (AvgIpc) is 2.92. The van der Waals surface area contributed by atoms with E-state index in [1.165, 1.54) is 30.6 Å². The highest BCUT2D eigenvalue weighted by Crippen LogP contribution is 2.36. The lowest BCUT2D eigenvalue weighted by molar-refractivity contribution is -0.274. The van der Waals surface area contributed by atoms with Gasteiger partial charge in [0.1, 0.15) is 23.0 Å². The summed E-state index contributed by atoms with van der Waals surface area (Å²) in [5.41, 5.74) is 8.18. The number of benzene rings is 1. The van der Waals surface area contributed by atoms with Gasteiger partial charge in [-0.3, -0.25) is 14.8 Å². The van der Waals surface area contributed by atoms with Crippen LogP contribution in [0.2, 0.25) is 5.02 Å². The number of aliphatic imine (C=N–C) groups is 1. The van der Waals surface area contributed by atoms with Crippen LogP contribution in [0.4, 0.5) is 19.0 Å². The van der Waals surface area contributed by atoms with E-state index in [0.29, 0.717) is 70.8 Å². The number of carbonyl (C=O) groups excluding carboxylic acids is 1. The van der Waals surface area contributed by atoms with Crippen molar-refractivity contribution in [1.82, 2.24) is 19.9 Å². The summed E-state index contributed by atoms with van der Waals surface area (Å²) in [5.74, 6) is -0.0190. The van der Waals surface area contributed by atoms with Crippen LogP contribution >= 0.6 is 11.6 Å². The number of pyridine rings is 1. The fourth-order valence-corrected chi connectivity index (χ4v) is 4.45. The van der Waals surface area contributed by atoms with Crippen molar-refractivity contribution in [3.8, 4) is 28.3 Å². The number of alkyl halides is 3. The Hall–Kier alpha value is -4.43. The number of amides is 1. The molecule has 2 aliphatic rings. The summed E-state index contributed by atoms with van der Waals surface area (Å²) in [6.45, 7) is 3.61. The van der Waals surface area contributed by atoms with Gasteiger partial charge >= 0.3 is 6.36 Å². The molecule has 1 aromatic carbocycles. The van der Waals surface area contributed by atoms with Crippen LogP contribution < -0.4 is 9.64 Å². The van der Waals surface area contributed by atoms with Crippen LogP contribution in [-0.2, 0) is 4.79 Å². The Morgan fingerprint density at radius 1 is 1.10 bits per heavy atom. The van der Waals surface area contributed by atoms with Crippen molar-refractivity contribution in [2.75, 3.05) is 31.1 Å². The summed E-state index contributed by atoms with van der Waals surface area (Å²) in [5, 5.41) is 0.308. The smallest absolute Gasteiger partial charge is 0.406 e. The molecule has 4 heterocycles. The molecule has 0 aliphatic carbocycles. The summed E-state index contributed by atoms with van der Waals surface area (Å²) < 4.78 is 42.5. The van der Waals surface area contributed by atoms with Crippen molar-refractivity contribution >= 4 is 29.0 Å². The normalized spacial score (nSPS) is 15.2. The monoisotopic (exact) mass is 552 g/mol. The van der Waals surface area contributed by atoms with Crippen molar-refractivity contribution < 1.29 is 22.7 Å². The lowest BCUT2D eigenvalue weighted by Crippen LogP contribution is -2.51. The molecular weight excluding hydrogens is 533 g/mol. The lowest BCUT2D eigenvalue weighted by Gasteiger charge is -2.35. The van der Waals surface area contributed by atoms with Gasteiger partial charge in [-0.15, -0.1) is 13.2 Å². The Morgan fingerprint density at radius 3 is 2.62 bits per heavy atom. The number of piperazine rings is 1. The minimum Gasteiger partial charge on any atom is -0.406 e. The lowest BCUT2D eigenvalue weighted by atomic mass is 10.0. The third kappa shape index (κ3) is 5.86. The molecule has 8 nitrogen and oxygen atoms in total. The van der Waals surface area contributed by atoms with Crippen LogP contribution in [0.1, 0.15) is 6.92 Å². The molecule has 0 unspecified atom stereocenters. The van der Waals surface area contributed by atoms with Crippen molar-refractivity contribution in [1.29, 1.82) is 0 Å². The maximum Gasteiger partial charge on any atom is 0.573 e. The molecular formula is C27H20ClF3N6O2. The molecule has 1 amide bonds. The number of carbonyl (C=O) groups is 1. The first kappa shape index (κ1) is 26.2. The van der Waals surface area contributed by atoms with Crippen LogP contribution in [0.5, 0.6) is 5.75 Å². The highest BCUT2D eigenvalue weighted by Gasteiger charge is 2.31. The number of anilines is 1. The molecule has 1 saturated heterocycles. The third-order valence-electron chi connectivity index (χ3n) is 6.09. The van der Waals surface area contributed by atoms with E-state index in [-0.39, 0.29) is 11.7 Å². The van der Waals surface area contributed by atoms with Gasteiger partial charge in [-0.25, -0.2) is 9.98 Å². The fraction of sp³-hybridized carbons (Fsp3) is 0.222. The molecule has 0 spiro atoms. The predicted molar refractivity (Wildman–Crippen MR) is 139 cm³/mol. The second-order valence-corrected chi connectivity index (χ2v) is 9.04. The third-order valence-corrected chi connectivity index (χ3v) is 6.40. The molecule has 0 saturated carbocycles. The standard InChI is InChI=1S/C27H20ClF3N6O2/c1-17-4-3-8-33-23(17)26(38)37-12-10-36(11-13-37)22-16-34-24(25(35-22)20-7-9-32-15-21(20)28)18-5-2-6-19(14-18)39-27(29,30)31/h2,5-9,14-16H,10-13H2,1H3. The maximum absolute atomic E-state index is 12.9. The van der Waals surface area contributed by atoms with E-state index in [0.717, 1.165) is 0 Å². The molecule has 198 valence electrons. The minimum absolute atomic E-state index is 0.177. The summed E-state index contributed by atoms with van der Waals surface area (Å²) in [7, 11) is 0. The number of hydrogen-bond acceptors (Lipinski definition) is 7. The number of rotatable bonds is 5. The van der Waals surface area contributed by atoms with Gasteiger partial charge in [-0.2, -0.15) is 0 Å². The summed E-state index contributed by atoms with van der Waals surface area (Å²) in [6, 6.07) is 7.18. The van der Waals surface area contributed by atoms with Gasteiger partial charge in [0.2, 0.25) is 0 Å². The predicted octanol–water partition coefficient (Wildman–Crippen LogP) is 5.07. The maximum atomic E-state index is 12.9. The van der Waals surface area contributed by atoms with Gasteiger partial charge in [0, 0.05) is 55.3 Å².